The van der Waals surface area contributed by atoms with Crippen molar-refractivity contribution in [3.63, 3.8) is 0 Å². The van der Waals surface area contributed by atoms with Crippen LogP contribution in [0.4, 0.5) is 0 Å². The van der Waals surface area contributed by atoms with Crippen molar-refractivity contribution in [3.8, 4) is 5.75 Å². The number of nitrogens with zero attached hydrogens (tertiary/aromatic N) is 1. The van der Waals surface area contributed by atoms with Crippen LogP contribution in [0.25, 0.3) is 0 Å². The monoisotopic (exact) mass is 475 g/mol. The minimum atomic E-state index is 0. The van der Waals surface area contributed by atoms with Crippen LogP contribution in [0.3, 0.4) is 0 Å². The van der Waals surface area contributed by atoms with Gasteiger partial charge in [-0.15, -0.1) is 24.0 Å². The Balaban J connectivity index is 0.00000338. The van der Waals surface area contributed by atoms with E-state index < -0.39 is 0 Å². The topological polar surface area (TPSA) is 54.9 Å². The van der Waals surface area contributed by atoms with E-state index in [9.17, 15) is 0 Å². The Bertz CT molecular complexity index is 546. The smallest absolute Gasteiger partial charge is 0.191 e. The maximum atomic E-state index is 5.42. The Hall–Kier alpha value is -1.02. The van der Waals surface area contributed by atoms with E-state index in [1.807, 2.05) is 20.0 Å². The summed E-state index contributed by atoms with van der Waals surface area (Å²) in [7, 11) is 3.55. The van der Waals surface area contributed by atoms with E-state index in [4.69, 9.17) is 9.47 Å². The summed E-state index contributed by atoms with van der Waals surface area (Å²) in [5.41, 5.74) is 1.53. The molecule has 6 heteroatoms. The normalized spacial score (nSPS) is 16.0. The summed E-state index contributed by atoms with van der Waals surface area (Å²) in [6.45, 7) is 5.34. The molecule has 1 aromatic rings. The fourth-order valence-electron chi connectivity index (χ4n) is 3.57. The van der Waals surface area contributed by atoms with Crippen LogP contribution in [-0.2, 0) is 10.2 Å². The molecule has 148 valence electrons. The molecular weight excluding hydrogens is 441 g/mol. The number of hydrogen-bond donors (Lipinski definition) is 2. The van der Waals surface area contributed by atoms with E-state index in [-0.39, 0.29) is 29.4 Å². The Morgan fingerprint density at radius 1 is 1.23 bits per heavy atom. The first kappa shape index (κ1) is 23.0. The average molecular weight is 475 g/mol. The zero-order chi connectivity index (χ0) is 18.0. The summed E-state index contributed by atoms with van der Waals surface area (Å²) in [4.78, 5) is 4.35. The van der Waals surface area contributed by atoms with Gasteiger partial charge < -0.3 is 20.1 Å². The first-order chi connectivity index (χ1) is 12.2. The molecule has 0 saturated heterocycles. The van der Waals surface area contributed by atoms with Crippen molar-refractivity contribution in [2.75, 3.05) is 40.5 Å². The van der Waals surface area contributed by atoms with Crippen LogP contribution < -0.4 is 15.4 Å². The number of rotatable bonds is 9. The van der Waals surface area contributed by atoms with Gasteiger partial charge in [-0.3, -0.25) is 4.99 Å². The predicted octanol–water partition coefficient (Wildman–Crippen LogP) is 3.72. The van der Waals surface area contributed by atoms with Crippen LogP contribution in [0, 0.1) is 0 Å². The van der Waals surface area contributed by atoms with Crippen molar-refractivity contribution >= 4 is 29.9 Å². The molecular formula is C20H34IN3O2. The van der Waals surface area contributed by atoms with Crippen LogP contribution in [0.5, 0.6) is 5.75 Å². The van der Waals surface area contributed by atoms with E-state index in [1.165, 1.54) is 31.2 Å². The molecule has 5 nitrogen and oxygen atoms in total. The lowest BCUT2D eigenvalue weighted by Gasteiger charge is -2.31. The van der Waals surface area contributed by atoms with Gasteiger partial charge in [-0.25, -0.2) is 0 Å². The van der Waals surface area contributed by atoms with E-state index in [1.54, 1.807) is 7.11 Å². The molecule has 1 saturated carbocycles. The predicted molar refractivity (Wildman–Crippen MR) is 119 cm³/mol. The first-order valence-corrected chi connectivity index (χ1v) is 9.41. The third-order valence-electron chi connectivity index (χ3n) is 5.02. The van der Waals surface area contributed by atoms with Crippen LogP contribution in [0.2, 0.25) is 0 Å². The van der Waals surface area contributed by atoms with Crippen molar-refractivity contribution in [2.24, 2.45) is 4.99 Å². The van der Waals surface area contributed by atoms with E-state index >= 15 is 0 Å². The van der Waals surface area contributed by atoms with Crippen LogP contribution in [0.1, 0.15) is 44.6 Å². The number of ether oxygens (including phenoxy) is 2. The minimum absolute atomic E-state index is 0. The van der Waals surface area contributed by atoms with Crippen molar-refractivity contribution in [1.29, 1.82) is 0 Å². The fourth-order valence-corrected chi connectivity index (χ4v) is 3.57. The Kier molecular flexibility index (Phi) is 11.0. The number of methoxy groups -OCH3 is 1. The van der Waals surface area contributed by atoms with Crippen LogP contribution in [-0.4, -0.2) is 46.4 Å². The SMILES string of the molecule is CCOCCCNC(=NC)NCC1(c2cccc(OC)c2)CCCC1.I. The van der Waals surface area contributed by atoms with Crippen LogP contribution in [0.15, 0.2) is 29.3 Å². The molecule has 0 atom stereocenters. The number of hydrogen-bond acceptors (Lipinski definition) is 3. The fraction of sp³-hybridized carbons (Fsp3) is 0.650. The molecule has 0 radical (unpaired) electrons. The molecule has 1 aliphatic carbocycles. The Morgan fingerprint density at radius 2 is 2.00 bits per heavy atom. The second-order valence-electron chi connectivity index (χ2n) is 6.62. The standard InChI is InChI=1S/C20H33N3O2.HI/c1-4-25-14-8-13-22-19(21-2)23-16-20(11-5-6-12-20)17-9-7-10-18(15-17)24-3;/h7,9-10,15H,4-6,8,11-14,16H2,1-3H3,(H2,21,22,23);1H. The van der Waals surface area contributed by atoms with E-state index in [0.29, 0.717) is 0 Å². The quantitative estimate of drug-likeness (QED) is 0.248. The lowest BCUT2D eigenvalue weighted by Crippen LogP contribution is -2.45. The number of nitrogens with one attached hydrogen (secondary N) is 2. The number of aliphatic imine (C=N–C) groups is 1. The van der Waals surface area contributed by atoms with Crippen molar-refractivity contribution < 1.29 is 9.47 Å². The molecule has 0 bridgehead atoms. The maximum absolute atomic E-state index is 5.42. The molecule has 2 rings (SSSR count). The molecule has 0 aliphatic heterocycles. The second kappa shape index (κ2) is 12.4. The molecule has 0 heterocycles. The highest BCUT2D eigenvalue weighted by molar-refractivity contribution is 14.0. The highest BCUT2D eigenvalue weighted by Gasteiger charge is 2.35. The molecule has 1 fully saturated rings. The van der Waals surface area contributed by atoms with Gasteiger partial charge in [0.15, 0.2) is 5.96 Å². The van der Waals surface area contributed by atoms with Crippen LogP contribution >= 0.6 is 24.0 Å². The molecule has 0 unspecified atom stereocenters. The van der Waals surface area contributed by atoms with Gasteiger partial charge >= 0.3 is 0 Å². The first-order valence-electron chi connectivity index (χ1n) is 9.41. The molecule has 0 amide bonds. The van der Waals surface area contributed by atoms with Gasteiger partial charge in [0.2, 0.25) is 0 Å². The lowest BCUT2D eigenvalue weighted by molar-refractivity contribution is 0.145. The highest BCUT2D eigenvalue weighted by atomic mass is 127. The zero-order valence-corrected chi connectivity index (χ0v) is 18.7. The highest BCUT2D eigenvalue weighted by Crippen LogP contribution is 2.41. The third kappa shape index (κ3) is 6.61. The summed E-state index contributed by atoms with van der Waals surface area (Å²) < 4.78 is 10.8. The Morgan fingerprint density at radius 3 is 2.65 bits per heavy atom. The summed E-state index contributed by atoms with van der Waals surface area (Å²) in [6.07, 6.45) is 5.94. The molecule has 1 aromatic carbocycles. The zero-order valence-electron chi connectivity index (χ0n) is 16.3. The van der Waals surface area contributed by atoms with Gasteiger partial charge in [0, 0.05) is 38.8 Å². The summed E-state index contributed by atoms with van der Waals surface area (Å²) in [5.74, 6) is 1.80. The van der Waals surface area contributed by atoms with Gasteiger partial charge in [0.25, 0.3) is 0 Å². The molecule has 26 heavy (non-hydrogen) atoms. The van der Waals surface area contributed by atoms with Gasteiger partial charge in [-0.2, -0.15) is 0 Å². The van der Waals surface area contributed by atoms with Crippen molar-refractivity contribution in [1.82, 2.24) is 10.6 Å². The molecule has 0 spiro atoms. The van der Waals surface area contributed by atoms with Crippen molar-refractivity contribution in [3.05, 3.63) is 29.8 Å². The largest absolute Gasteiger partial charge is 0.497 e. The maximum Gasteiger partial charge on any atom is 0.191 e. The van der Waals surface area contributed by atoms with E-state index in [2.05, 4.69) is 33.8 Å². The van der Waals surface area contributed by atoms with Gasteiger partial charge in [-0.1, -0.05) is 25.0 Å². The van der Waals surface area contributed by atoms with E-state index in [0.717, 1.165) is 44.4 Å². The summed E-state index contributed by atoms with van der Waals surface area (Å²) in [5, 5.41) is 6.91. The minimum Gasteiger partial charge on any atom is -0.497 e. The number of guanidine groups is 1. The Labute approximate surface area is 175 Å². The number of halogens is 1. The molecule has 2 N–H and O–H groups in total. The van der Waals surface area contributed by atoms with Gasteiger partial charge in [0.1, 0.15) is 5.75 Å². The average Bonchev–Trinajstić information content (AvgIpc) is 3.14. The number of benzene rings is 1. The molecule has 1 aliphatic rings. The summed E-state index contributed by atoms with van der Waals surface area (Å²) in [6, 6.07) is 8.52. The third-order valence-corrected chi connectivity index (χ3v) is 5.02. The summed E-state index contributed by atoms with van der Waals surface area (Å²) >= 11 is 0. The van der Waals surface area contributed by atoms with Crippen molar-refractivity contribution in [2.45, 2.75) is 44.4 Å². The lowest BCUT2D eigenvalue weighted by atomic mass is 9.78. The molecule has 0 aromatic heterocycles. The van der Waals surface area contributed by atoms with Gasteiger partial charge in [0.05, 0.1) is 7.11 Å². The second-order valence-corrected chi connectivity index (χ2v) is 6.62. The van der Waals surface area contributed by atoms with Gasteiger partial charge in [-0.05, 0) is 43.9 Å².